The monoisotopic (exact) mass is 616 g/mol. The minimum absolute atomic E-state index is 0.00436. The van der Waals surface area contributed by atoms with E-state index in [0.29, 0.717) is 19.3 Å². The van der Waals surface area contributed by atoms with Gasteiger partial charge < -0.3 is 39.4 Å². The van der Waals surface area contributed by atoms with Crippen LogP contribution in [-0.4, -0.2) is 69.4 Å². The molecule has 9 atom stereocenters. The van der Waals surface area contributed by atoms with Crippen molar-refractivity contribution in [2.45, 2.75) is 165 Å². The zero-order valence-electron chi connectivity index (χ0n) is 26.8. The molecule has 9 unspecified atom stereocenters. The van der Waals surface area contributed by atoms with Gasteiger partial charge in [0.05, 0.1) is 42.7 Å². The van der Waals surface area contributed by atoms with Gasteiger partial charge in [0, 0.05) is 24.0 Å². The van der Waals surface area contributed by atoms with Crippen molar-refractivity contribution in [1.29, 1.82) is 0 Å². The quantitative estimate of drug-likeness (QED) is 0.142. The van der Waals surface area contributed by atoms with Gasteiger partial charge in [0.15, 0.2) is 12.6 Å². The van der Waals surface area contributed by atoms with Crippen molar-refractivity contribution in [3.05, 3.63) is 53.6 Å². The molecular formula is C36H56O8. The minimum atomic E-state index is -0.602. The van der Waals surface area contributed by atoms with E-state index in [2.05, 4.69) is 6.92 Å². The summed E-state index contributed by atoms with van der Waals surface area (Å²) in [4.78, 5) is 0. The van der Waals surface area contributed by atoms with Gasteiger partial charge in [-0.2, -0.15) is 0 Å². The van der Waals surface area contributed by atoms with Crippen LogP contribution >= 0.6 is 0 Å². The second-order valence-electron chi connectivity index (χ2n) is 12.9. The lowest BCUT2D eigenvalue weighted by Gasteiger charge is -2.39. The van der Waals surface area contributed by atoms with E-state index in [1.54, 1.807) is 12.1 Å². The van der Waals surface area contributed by atoms with Crippen LogP contribution in [0.15, 0.2) is 48.1 Å². The van der Waals surface area contributed by atoms with E-state index in [9.17, 15) is 20.4 Å². The number of ether oxygens (including phenoxy) is 4. The highest BCUT2D eigenvalue weighted by molar-refractivity contribution is 5.27. The number of phenols is 1. The first kappa shape index (κ1) is 35.1. The van der Waals surface area contributed by atoms with Gasteiger partial charge >= 0.3 is 0 Å². The molecule has 1 aliphatic carbocycles. The smallest absolute Gasteiger partial charge is 0.184 e. The molecule has 0 spiro atoms. The van der Waals surface area contributed by atoms with Crippen LogP contribution in [0.4, 0.5) is 0 Å². The molecular weight excluding hydrogens is 560 g/mol. The Hall–Kier alpha value is -1.78. The molecule has 8 heteroatoms. The van der Waals surface area contributed by atoms with E-state index < -0.39 is 24.8 Å². The summed E-state index contributed by atoms with van der Waals surface area (Å²) in [6, 6.07) is 6.96. The first-order valence-electron chi connectivity index (χ1n) is 17.2. The molecule has 2 fully saturated rings. The van der Waals surface area contributed by atoms with Gasteiger partial charge in [0.1, 0.15) is 5.75 Å². The Morgan fingerprint density at radius 2 is 1.34 bits per heavy atom. The van der Waals surface area contributed by atoms with Crippen LogP contribution in [0.3, 0.4) is 0 Å². The third kappa shape index (κ3) is 11.2. The number of aromatic hydroxyl groups is 1. The summed E-state index contributed by atoms with van der Waals surface area (Å²) >= 11 is 0. The number of allylic oxidation sites excluding steroid dienone is 2. The molecule has 2 aliphatic heterocycles. The molecule has 1 aromatic carbocycles. The second kappa shape index (κ2) is 18.4. The van der Waals surface area contributed by atoms with Crippen LogP contribution in [0.25, 0.3) is 0 Å². The van der Waals surface area contributed by atoms with Crippen LogP contribution in [0.5, 0.6) is 5.75 Å². The molecule has 0 aromatic heterocycles. The lowest BCUT2D eigenvalue weighted by atomic mass is 9.94. The standard InChI is InChI=1S/C36H56O8/c1-3-5-6-13-29-24-32(44-36(43-29)33-16-7-8-17-34(33)40)22-28(39)12-10-15-31-23-30(14-9-11-26(37)4-2)41-35(42-31)25-18-20-27(38)21-19-25/h7-8,16,18-21,26,28-32,34-40H,3-6,9-15,17,22-24H2,1-2H3. The topological polar surface area (TPSA) is 118 Å². The first-order valence-corrected chi connectivity index (χ1v) is 17.2. The molecule has 0 radical (unpaired) electrons. The molecule has 1 aromatic rings. The Bertz CT molecular complexity index is 1010. The molecule has 4 rings (SSSR count). The summed E-state index contributed by atoms with van der Waals surface area (Å²) in [5.74, 6) is 0.204. The Morgan fingerprint density at radius 1 is 0.750 bits per heavy atom. The molecule has 3 aliphatic rings. The van der Waals surface area contributed by atoms with E-state index in [-0.39, 0.29) is 36.3 Å². The third-order valence-corrected chi connectivity index (χ3v) is 9.18. The molecule has 4 N–H and O–H groups in total. The molecule has 2 heterocycles. The highest BCUT2D eigenvalue weighted by Crippen LogP contribution is 2.35. The number of phenolic OH excluding ortho intramolecular Hbond substituents is 1. The highest BCUT2D eigenvalue weighted by Gasteiger charge is 2.36. The van der Waals surface area contributed by atoms with Crippen molar-refractivity contribution in [2.75, 3.05) is 0 Å². The van der Waals surface area contributed by atoms with Gasteiger partial charge in [-0.25, -0.2) is 0 Å². The van der Waals surface area contributed by atoms with Crippen LogP contribution in [0.1, 0.15) is 122 Å². The maximum Gasteiger partial charge on any atom is 0.184 e. The zero-order valence-corrected chi connectivity index (χ0v) is 26.8. The number of aliphatic hydroxyl groups excluding tert-OH is 3. The van der Waals surface area contributed by atoms with Crippen molar-refractivity contribution < 1.29 is 39.4 Å². The average molecular weight is 617 g/mol. The number of hydrogen-bond acceptors (Lipinski definition) is 8. The minimum Gasteiger partial charge on any atom is -0.508 e. The van der Waals surface area contributed by atoms with E-state index >= 15 is 0 Å². The fourth-order valence-electron chi connectivity index (χ4n) is 6.51. The Morgan fingerprint density at radius 3 is 1.98 bits per heavy atom. The fourth-order valence-corrected chi connectivity index (χ4v) is 6.51. The van der Waals surface area contributed by atoms with Crippen LogP contribution in [0.2, 0.25) is 0 Å². The number of aliphatic hydroxyl groups is 3. The maximum absolute atomic E-state index is 11.1. The predicted octanol–water partition coefficient (Wildman–Crippen LogP) is 6.76. The van der Waals surface area contributed by atoms with Gasteiger partial charge in [0.25, 0.3) is 0 Å². The third-order valence-electron chi connectivity index (χ3n) is 9.18. The maximum atomic E-state index is 11.1. The summed E-state index contributed by atoms with van der Waals surface area (Å²) < 4.78 is 25.3. The molecule has 8 nitrogen and oxygen atoms in total. The largest absolute Gasteiger partial charge is 0.508 e. The zero-order chi connectivity index (χ0) is 31.3. The SMILES string of the molecule is CCCCCC1CC(CC(O)CCCC2CC(CCCC(O)CC)OC(c3ccc(O)cc3)O2)OC(C2=CC=CCC2O)O1. The van der Waals surface area contributed by atoms with Gasteiger partial charge in [-0.05, 0) is 76.3 Å². The number of hydrogen-bond donors (Lipinski definition) is 4. The van der Waals surface area contributed by atoms with Gasteiger partial charge in [-0.3, -0.25) is 0 Å². The van der Waals surface area contributed by atoms with Crippen molar-refractivity contribution in [2.24, 2.45) is 0 Å². The lowest BCUT2D eigenvalue weighted by Crippen LogP contribution is -2.42. The normalized spacial score (nSPS) is 30.6. The molecule has 2 saturated heterocycles. The van der Waals surface area contributed by atoms with E-state index in [1.165, 1.54) is 0 Å². The Balaban J connectivity index is 1.29. The van der Waals surface area contributed by atoms with Crippen molar-refractivity contribution in [3.63, 3.8) is 0 Å². The molecule has 0 saturated carbocycles. The van der Waals surface area contributed by atoms with E-state index in [0.717, 1.165) is 88.2 Å². The summed E-state index contributed by atoms with van der Waals surface area (Å²) in [5, 5.41) is 41.4. The number of benzene rings is 1. The molecule has 248 valence electrons. The second-order valence-corrected chi connectivity index (χ2v) is 12.9. The molecule has 44 heavy (non-hydrogen) atoms. The van der Waals surface area contributed by atoms with Gasteiger partial charge in [-0.15, -0.1) is 0 Å². The van der Waals surface area contributed by atoms with Crippen molar-refractivity contribution in [3.8, 4) is 5.75 Å². The fraction of sp³-hybridized carbons (Fsp3) is 0.722. The molecule has 0 bridgehead atoms. The molecule has 0 amide bonds. The van der Waals surface area contributed by atoms with Crippen LogP contribution in [-0.2, 0) is 18.9 Å². The Kier molecular flexibility index (Phi) is 14.7. The van der Waals surface area contributed by atoms with E-state index in [4.69, 9.17) is 18.9 Å². The van der Waals surface area contributed by atoms with Crippen LogP contribution in [0, 0.1) is 0 Å². The highest BCUT2D eigenvalue weighted by atomic mass is 16.7. The predicted molar refractivity (Wildman–Crippen MR) is 170 cm³/mol. The summed E-state index contributed by atoms with van der Waals surface area (Å²) in [6.07, 6.45) is 15.8. The number of rotatable bonds is 17. The van der Waals surface area contributed by atoms with E-state index in [1.807, 2.05) is 37.3 Å². The van der Waals surface area contributed by atoms with Gasteiger partial charge in [0.2, 0.25) is 0 Å². The Labute approximate surface area is 264 Å². The summed E-state index contributed by atoms with van der Waals surface area (Å²) in [5.41, 5.74) is 1.64. The van der Waals surface area contributed by atoms with Crippen molar-refractivity contribution >= 4 is 0 Å². The van der Waals surface area contributed by atoms with Crippen molar-refractivity contribution in [1.82, 2.24) is 0 Å². The lowest BCUT2D eigenvalue weighted by molar-refractivity contribution is -0.250. The first-order chi connectivity index (χ1) is 21.3. The summed E-state index contributed by atoms with van der Waals surface area (Å²) in [7, 11) is 0. The summed E-state index contributed by atoms with van der Waals surface area (Å²) in [6.45, 7) is 4.19. The average Bonchev–Trinajstić information content (AvgIpc) is 3.01. The number of unbranched alkanes of at least 4 members (excludes halogenated alkanes) is 2. The van der Waals surface area contributed by atoms with Crippen LogP contribution < -0.4 is 0 Å². The van der Waals surface area contributed by atoms with Gasteiger partial charge in [-0.1, -0.05) is 63.5 Å².